The summed E-state index contributed by atoms with van der Waals surface area (Å²) < 4.78 is 2.52. The fourth-order valence-corrected chi connectivity index (χ4v) is 3.60. The van der Waals surface area contributed by atoms with E-state index in [9.17, 15) is 9.59 Å². The van der Waals surface area contributed by atoms with E-state index >= 15 is 0 Å². The van der Waals surface area contributed by atoms with Crippen molar-refractivity contribution in [3.8, 4) is 0 Å². The lowest BCUT2D eigenvalue weighted by molar-refractivity contribution is 0.596. The van der Waals surface area contributed by atoms with Crippen molar-refractivity contribution in [3.05, 3.63) is 41.5 Å². The van der Waals surface area contributed by atoms with E-state index in [1.807, 2.05) is 12.1 Å². The van der Waals surface area contributed by atoms with Gasteiger partial charge in [-0.1, -0.05) is 11.8 Å². The maximum absolute atomic E-state index is 11.1. The lowest BCUT2D eigenvalue weighted by Crippen LogP contribution is -2.33. The molecule has 0 spiro atoms. The van der Waals surface area contributed by atoms with Crippen molar-refractivity contribution in [3.63, 3.8) is 0 Å². The van der Waals surface area contributed by atoms with Gasteiger partial charge in [0.15, 0.2) is 5.16 Å². The fraction of sp³-hybridized carbons (Fsp3) is 0.222. The maximum Gasteiger partial charge on any atom is 0.339 e. The molecule has 17 heavy (non-hydrogen) atoms. The highest BCUT2D eigenvalue weighted by atomic mass is 79.9. The predicted molar refractivity (Wildman–Crippen MR) is 71.7 cm³/mol. The molecule has 0 unspecified atom stereocenters. The molecule has 1 N–H and O–H groups in total. The molecule has 90 valence electrons. The van der Waals surface area contributed by atoms with Gasteiger partial charge < -0.3 is 0 Å². The maximum atomic E-state index is 11.1. The van der Waals surface area contributed by atoms with E-state index in [2.05, 4.69) is 26.0 Å². The molecule has 0 saturated carbocycles. The molecule has 8 heteroatoms. The van der Waals surface area contributed by atoms with Crippen LogP contribution in [0.4, 0.5) is 0 Å². The summed E-state index contributed by atoms with van der Waals surface area (Å²) >= 11 is 6.42. The summed E-state index contributed by atoms with van der Waals surface area (Å²) in [6.07, 6.45) is 0. The van der Waals surface area contributed by atoms with Crippen molar-refractivity contribution >= 4 is 39.0 Å². The average molecular weight is 334 g/mol. The SMILES string of the molecule is Cn1[nH]c(=O)c(=O)nc1SCc1ccc(Br)s1. The Morgan fingerprint density at radius 2 is 2.29 bits per heavy atom. The predicted octanol–water partition coefficient (Wildman–Crippen LogP) is 1.58. The van der Waals surface area contributed by atoms with Crippen molar-refractivity contribution in [2.45, 2.75) is 10.9 Å². The Morgan fingerprint density at radius 1 is 1.53 bits per heavy atom. The van der Waals surface area contributed by atoms with Gasteiger partial charge in [0.05, 0.1) is 3.79 Å². The number of H-pyrrole nitrogens is 1. The minimum Gasteiger partial charge on any atom is -0.265 e. The van der Waals surface area contributed by atoms with Crippen LogP contribution in [0.2, 0.25) is 0 Å². The van der Waals surface area contributed by atoms with E-state index in [4.69, 9.17) is 0 Å². The largest absolute Gasteiger partial charge is 0.339 e. The first-order chi connectivity index (χ1) is 8.06. The monoisotopic (exact) mass is 333 g/mol. The number of rotatable bonds is 3. The molecule has 0 aliphatic carbocycles. The molecule has 0 aromatic carbocycles. The molecule has 2 aromatic rings. The zero-order chi connectivity index (χ0) is 12.4. The lowest BCUT2D eigenvalue weighted by Gasteiger charge is -2.04. The van der Waals surface area contributed by atoms with Gasteiger partial charge in [-0.2, -0.15) is 4.98 Å². The van der Waals surface area contributed by atoms with Gasteiger partial charge in [-0.3, -0.25) is 19.4 Å². The van der Waals surface area contributed by atoms with E-state index in [1.165, 1.54) is 21.3 Å². The highest BCUT2D eigenvalue weighted by Gasteiger charge is 2.06. The number of hydrogen-bond donors (Lipinski definition) is 1. The number of thiophene rings is 1. The Hall–Kier alpha value is -0.860. The van der Waals surface area contributed by atoms with Crippen LogP contribution >= 0.6 is 39.0 Å². The van der Waals surface area contributed by atoms with Gasteiger partial charge >= 0.3 is 11.1 Å². The molecule has 5 nitrogen and oxygen atoms in total. The molecule has 0 fully saturated rings. The summed E-state index contributed by atoms with van der Waals surface area (Å²) in [5.74, 6) is 0.711. The molecule has 0 saturated heterocycles. The van der Waals surface area contributed by atoms with Gasteiger partial charge in [0.2, 0.25) is 0 Å². The van der Waals surface area contributed by atoms with Crippen molar-refractivity contribution < 1.29 is 0 Å². The minimum atomic E-state index is -0.752. The fourth-order valence-electron chi connectivity index (χ4n) is 1.15. The van der Waals surface area contributed by atoms with Crippen molar-refractivity contribution in [1.82, 2.24) is 14.8 Å². The Balaban J connectivity index is 2.17. The van der Waals surface area contributed by atoms with Crippen LogP contribution in [0.5, 0.6) is 0 Å². The van der Waals surface area contributed by atoms with Crippen LogP contribution in [-0.2, 0) is 12.8 Å². The summed E-state index contributed by atoms with van der Waals surface area (Å²) in [6, 6.07) is 3.98. The minimum absolute atomic E-state index is 0.499. The van der Waals surface area contributed by atoms with Gasteiger partial charge in [-0.05, 0) is 28.1 Å². The van der Waals surface area contributed by atoms with Gasteiger partial charge in [0.25, 0.3) is 0 Å². The summed E-state index contributed by atoms with van der Waals surface area (Å²) in [5, 5.41) is 2.91. The van der Waals surface area contributed by atoms with Gasteiger partial charge in [0.1, 0.15) is 0 Å². The number of nitrogens with one attached hydrogen (secondary N) is 1. The first kappa shape index (κ1) is 12.6. The summed E-state index contributed by atoms with van der Waals surface area (Å²) in [4.78, 5) is 27.0. The van der Waals surface area contributed by atoms with Crippen LogP contribution in [0.1, 0.15) is 4.88 Å². The number of thioether (sulfide) groups is 1. The topological polar surface area (TPSA) is 67.8 Å². The highest BCUT2D eigenvalue weighted by Crippen LogP contribution is 2.27. The quantitative estimate of drug-likeness (QED) is 0.684. The second kappa shape index (κ2) is 5.19. The zero-order valence-electron chi connectivity index (χ0n) is 8.77. The normalized spacial score (nSPS) is 10.7. The van der Waals surface area contributed by atoms with Gasteiger partial charge in [-0.15, -0.1) is 11.3 Å². The molecule has 0 atom stereocenters. The molecule has 2 aromatic heterocycles. The number of aromatic amines is 1. The Kier molecular flexibility index (Phi) is 3.85. The number of aryl methyl sites for hydroxylation is 1. The summed E-state index contributed by atoms with van der Waals surface area (Å²) in [5.41, 5.74) is -1.45. The van der Waals surface area contributed by atoms with Gasteiger partial charge in [-0.25, -0.2) is 0 Å². The third-order valence-corrected chi connectivity index (χ3v) is 4.81. The first-order valence-corrected chi connectivity index (χ1v) is 7.20. The molecule has 0 aliphatic heterocycles. The van der Waals surface area contributed by atoms with Crippen molar-refractivity contribution in [2.24, 2.45) is 7.05 Å². The smallest absolute Gasteiger partial charge is 0.265 e. The second-order valence-corrected chi connectivity index (χ2v) is 6.68. The van der Waals surface area contributed by atoms with E-state index in [0.717, 1.165) is 3.79 Å². The third-order valence-electron chi connectivity index (χ3n) is 1.92. The summed E-state index contributed by atoms with van der Waals surface area (Å²) in [7, 11) is 1.65. The number of aromatic nitrogens is 3. The third kappa shape index (κ3) is 3.08. The van der Waals surface area contributed by atoms with Crippen LogP contribution in [0.25, 0.3) is 0 Å². The standard InChI is InChI=1S/C9H8BrN3O2S2/c1-13-9(11-7(14)8(15)12-13)16-4-5-2-3-6(10)17-5/h2-3H,4H2,1H3,(H,12,15). The van der Waals surface area contributed by atoms with Gasteiger partial charge in [0, 0.05) is 17.7 Å². The molecule has 2 heterocycles. The molecule has 0 radical (unpaired) electrons. The Labute approximate surface area is 113 Å². The Morgan fingerprint density at radius 3 is 2.94 bits per heavy atom. The van der Waals surface area contributed by atoms with E-state index in [0.29, 0.717) is 10.9 Å². The molecular formula is C9H8BrN3O2S2. The van der Waals surface area contributed by atoms with Crippen molar-refractivity contribution in [1.29, 1.82) is 0 Å². The molecule has 2 rings (SSSR count). The number of halogens is 1. The zero-order valence-corrected chi connectivity index (χ0v) is 12.0. The Bertz CT molecular complexity index is 646. The van der Waals surface area contributed by atoms with Crippen LogP contribution in [0.15, 0.2) is 30.7 Å². The lowest BCUT2D eigenvalue weighted by atomic mass is 10.5. The average Bonchev–Trinajstić information content (AvgIpc) is 2.68. The molecule has 0 amide bonds. The van der Waals surface area contributed by atoms with Crippen LogP contribution in [-0.4, -0.2) is 14.8 Å². The number of hydrogen-bond acceptors (Lipinski definition) is 5. The van der Waals surface area contributed by atoms with E-state index in [1.54, 1.807) is 18.4 Å². The summed E-state index contributed by atoms with van der Waals surface area (Å²) in [6.45, 7) is 0. The van der Waals surface area contributed by atoms with Crippen LogP contribution in [0, 0.1) is 0 Å². The second-order valence-electron chi connectivity index (χ2n) is 3.19. The highest BCUT2D eigenvalue weighted by molar-refractivity contribution is 9.11. The van der Waals surface area contributed by atoms with Crippen LogP contribution in [0.3, 0.4) is 0 Å². The van der Waals surface area contributed by atoms with E-state index in [-0.39, 0.29) is 0 Å². The first-order valence-electron chi connectivity index (χ1n) is 4.60. The van der Waals surface area contributed by atoms with Crippen molar-refractivity contribution in [2.75, 3.05) is 0 Å². The number of nitrogens with zero attached hydrogens (tertiary/aromatic N) is 2. The molecule has 0 aliphatic rings. The van der Waals surface area contributed by atoms with Crippen LogP contribution < -0.4 is 11.1 Å². The molecular weight excluding hydrogens is 326 g/mol. The van der Waals surface area contributed by atoms with E-state index < -0.39 is 11.1 Å². The molecule has 0 bridgehead atoms.